The van der Waals surface area contributed by atoms with Crippen LogP contribution in [0.2, 0.25) is 5.02 Å². The summed E-state index contributed by atoms with van der Waals surface area (Å²) in [5, 5.41) is 3.53. The van der Waals surface area contributed by atoms with Gasteiger partial charge in [-0.25, -0.2) is 4.98 Å². The molecule has 5 nitrogen and oxygen atoms in total. The van der Waals surface area contributed by atoms with Crippen molar-refractivity contribution >= 4 is 28.5 Å². The molecule has 170 valence electrons. The molecule has 0 fully saturated rings. The Balaban J connectivity index is 1.33. The summed E-state index contributed by atoms with van der Waals surface area (Å²) in [6, 6.07) is 23.3. The topological polar surface area (TPSA) is 56.1 Å². The second-order valence-corrected chi connectivity index (χ2v) is 8.49. The Morgan fingerprint density at radius 1 is 1.03 bits per heavy atom. The highest BCUT2D eigenvalue weighted by atomic mass is 35.5. The number of aromatic nitrogens is 2. The molecule has 0 radical (unpaired) electrons. The average Bonchev–Trinajstić information content (AvgIpc) is 3.17. The molecule has 0 aliphatic carbocycles. The Labute approximate surface area is 199 Å². The largest absolute Gasteiger partial charge is 0.494 e. The van der Waals surface area contributed by atoms with Crippen LogP contribution >= 0.6 is 11.6 Å². The zero-order chi connectivity index (χ0) is 23.0. The van der Waals surface area contributed by atoms with Gasteiger partial charge in [-0.05, 0) is 67.8 Å². The molecule has 0 atom stereocenters. The SMILES string of the molecule is Cc1cccc(OCCCn2c(CCCNC(=O)c3cccc(Cl)c3)nc3ccccc32)c1. The fourth-order valence-corrected chi connectivity index (χ4v) is 4.05. The van der Waals surface area contributed by atoms with Crippen LogP contribution in [0.25, 0.3) is 11.0 Å². The molecule has 4 aromatic rings. The molecule has 3 aromatic carbocycles. The number of nitrogens with zero attached hydrogens (tertiary/aromatic N) is 2. The zero-order valence-electron chi connectivity index (χ0n) is 18.8. The minimum atomic E-state index is -0.112. The molecule has 0 unspecified atom stereocenters. The van der Waals surface area contributed by atoms with Crippen LogP contribution in [0.15, 0.2) is 72.8 Å². The summed E-state index contributed by atoms with van der Waals surface area (Å²) in [6.45, 7) is 4.11. The van der Waals surface area contributed by atoms with Gasteiger partial charge in [-0.1, -0.05) is 41.9 Å². The van der Waals surface area contributed by atoms with E-state index in [4.69, 9.17) is 21.3 Å². The van der Waals surface area contributed by atoms with Crippen molar-refractivity contribution in [3.63, 3.8) is 0 Å². The predicted octanol–water partition coefficient (Wildman–Crippen LogP) is 5.83. The number of rotatable bonds is 10. The third kappa shape index (κ3) is 6.14. The number of fused-ring (bicyclic) bond motifs is 1. The number of benzene rings is 3. The lowest BCUT2D eigenvalue weighted by atomic mass is 10.2. The summed E-state index contributed by atoms with van der Waals surface area (Å²) in [7, 11) is 0. The molecule has 1 N–H and O–H groups in total. The monoisotopic (exact) mass is 461 g/mol. The van der Waals surface area contributed by atoms with E-state index in [0.29, 0.717) is 23.7 Å². The molecule has 0 saturated heterocycles. The molecule has 0 aliphatic heterocycles. The third-order valence-electron chi connectivity index (χ3n) is 5.47. The number of nitrogens with one attached hydrogen (secondary N) is 1. The number of imidazole rings is 1. The lowest BCUT2D eigenvalue weighted by Gasteiger charge is -2.11. The van der Waals surface area contributed by atoms with Crippen molar-refractivity contribution in [2.45, 2.75) is 32.7 Å². The fraction of sp³-hybridized carbons (Fsp3) is 0.259. The number of hydrogen-bond donors (Lipinski definition) is 1. The third-order valence-corrected chi connectivity index (χ3v) is 5.70. The molecule has 1 amide bonds. The summed E-state index contributed by atoms with van der Waals surface area (Å²) >= 11 is 5.98. The first-order valence-corrected chi connectivity index (χ1v) is 11.7. The number of halogens is 1. The number of amides is 1. The van der Waals surface area contributed by atoms with Gasteiger partial charge in [0, 0.05) is 30.1 Å². The van der Waals surface area contributed by atoms with Crippen LogP contribution in [0.1, 0.15) is 34.6 Å². The molecular formula is C27H28ClN3O2. The Morgan fingerprint density at radius 3 is 2.73 bits per heavy atom. The maximum absolute atomic E-state index is 12.3. The molecule has 6 heteroatoms. The fourth-order valence-electron chi connectivity index (χ4n) is 3.86. The molecule has 0 bridgehead atoms. The highest BCUT2D eigenvalue weighted by molar-refractivity contribution is 6.30. The van der Waals surface area contributed by atoms with Gasteiger partial charge in [0.2, 0.25) is 0 Å². The van der Waals surface area contributed by atoms with E-state index in [0.717, 1.165) is 48.4 Å². The first-order valence-electron chi connectivity index (χ1n) is 11.3. The minimum absolute atomic E-state index is 0.112. The molecule has 33 heavy (non-hydrogen) atoms. The van der Waals surface area contributed by atoms with E-state index in [9.17, 15) is 4.79 Å². The van der Waals surface area contributed by atoms with Crippen molar-refractivity contribution in [3.8, 4) is 5.75 Å². The first-order chi connectivity index (χ1) is 16.1. The van der Waals surface area contributed by atoms with Crippen LogP contribution in [0.4, 0.5) is 0 Å². The van der Waals surface area contributed by atoms with Gasteiger partial charge in [0.15, 0.2) is 0 Å². The highest BCUT2D eigenvalue weighted by Gasteiger charge is 2.11. The number of para-hydroxylation sites is 2. The Morgan fingerprint density at radius 2 is 1.88 bits per heavy atom. The predicted molar refractivity (Wildman–Crippen MR) is 133 cm³/mol. The van der Waals surface area contributed by atoms with Gasteiger partial charge in [-0.3, -0.25) is 4.79 Å². The normalized spacial score (nSPS) is 11.0. The van der Waals surface area contributed by atoms with Crippen molar-refractivity contribution in [3.05, 3.63) is 94.8 Å². The Bertz CT molecular complexity index is 1240. The van der Waals surface area contributed by atoms with Crippen molar-refractivity contribution in [2.75, 3.05) is 13.2 Å². The number of hydrogen-bond acceptors (Lipinski definition) is 3. The summed E-state index contributed by atoms with van der Waals surface area (Å²) < 4.78 is 8.19. The zero-order valence-corrected chi connectivity index (χ0v) is 19.5. The van der Waals surface area contributed by atoms with Gasteiger partial charge in [-0.2, -0.15) is 0 Å². The Kier molecular flexibility index (Phi) is 7.63. The van der Waals surface area contributed by atoms with Crippen LogP contribution in [0.3, 0.4) is 0 Å². The van der Waals surface area contributed by atoms with E-state index in [1.54, 1.807) is 24.3 Å². The Hall–Kier alpha value is -3.31. The smallest absolute Gasteiger partial charge is 0.251 e. The van der Waals surface area contributed by atoms with E-state index in [2.05, 4.69) is 35.0 Å². The van der Waals surface area contributed by atoms with Gasteiger partial charge in [0.1, 0.15) is 11.6 Å². The summed E-state index contributed by atoms with van der Waals surface area (Å²) in [5.41, 5.74) is 3.89. The summed E-state index contributed by atoms with van der Waals surface area (Å²) in [5.74, 6) is 1.82. The van der Waals surface area contributed by atoms with Crippen LogP contribution in [0.5, 0.6) is 5.75 Å². The summed E-state index contributed by atoms with van der Waals surface area (Å²) in [6.07, 6.45) is 2.46. The molecule has 4 rings (SSSR count). The van der Waals surface area contributed by atoms with E-state index in [1.807, 2.05) is 30.3 Å². The van der Waals surface area contributed by atoms with Crippen molar-refractivity contribution in [2.24, 2.45) is 0 Å². The molecule has 1 heterocycles. The van der Waals surface area contributed by atoms with Crippen LogP contribution < -0.4 is 10.1 Å². The maximum Gasteiger partial charge on any atom is 0.251 e. The first kappa shape index (κ1) is 22.9. The van der Waals surface area contributed by atoms with Crippen molar-refractivity contribution in [1.82, 2.24) is 14.9 Å². The average molecular weight is 462 g/mol. The van der Waals surface area contributed by atoms with Crippen LogP contribution in [0, 0.1) is 6.92 Å². The van der Waals surface area contributed by atoms with Gasteiger partial charge in [0.25, 0.3) is 5.91 Å². The molecule has 0 saturated carbocycles. The number of carbonyl (C=O) groups excluding carboxylic acids is 1. The van der Waals surface area contributed by atoms with Gasteiger partial charge < -0.3 is 14.6 Å². The van der Waals surface area contributed by atoms with Gasteiger partial charge >= 0.3 is 0 Å². The second kappa shape index (κ2) is 11.0. The quantitative estimate of drug-likeness (QED) is 0.302. The number of aryl methyl sites for hydroxylation is 3. The molecule has 0 aliphatic rings. The van der Waals surface area contributed by atoms with Crippen molar-refractivity contribution < 1.29 is 9.53 Å². The van der Waals surface area contributed by atoms with E-state index in [-0.39, 0.29) is 5.91 Å². The number of ether oxygens (including phenoxy) is 1. The molecule has 1 aromatic heterocycles. The lowest BCUT2D eigenvalue weighted by Crippen LogP contribution is -2.25. The molecular weight excluding hydrogens is 434 g/mol. The van der Waals surface area contributed by atoms with Gasteiger partial charge in [-0.15, -0.1) is 0 Å². The minimum Gasteiger partial charge on any atom is -0.494 e. The maximum atomic E-state index is 12.3. The summed E-state index contributed by atoms with van der Waals surface area (Å²) in [4.78, 5) is 17.2. The van der Waals surface area contributed by atoms with Crippen LogP contribution in [-0.4, -0.2) is 28.6 Å². The molecule has 0 spiro atoms. The van der Waals surface area contributed by atoms with E-state index < -0.39 is 0 Å². The second-order valence-electron chi connectivity index (χ2n) is 8.06. The van der Waals surface area contributed by atoms with Crippen LogP contribution in [-0.2, 0) is 13.0 Å². The van der Waals surface area contributed by atoms with Gasteiger partial charge in [0.05, 0.1) is 17.6 Å². The van der Waals surface area contributed by atoms with E-state index in [1.165, 1.54) is 5.56 Å². The number of carbonyl (C=O) groups is 1. The highest BCUT2D eigenvalue weighted by Crippen LogP contribution is 2.18. The standard InChI is InChI=1S/C27H28ClN3O2/c1-20-8-4-11-23(18-20)33-17-7-16-31-25-13-3-2-12-24(25)30-26(31)14-6-15-29-27(32)21-9-5-10-22(28)19-21/h2-5,8-13,18-19H,6-7,14-17H2,1H3,(H,29,32). The van der Waals surface area contributed by atoms with Crippen molar-refractivity contribution in [1.29, 1.82) is 0 Å². The lowest BCUT2D eigenvalue weighted by molar-refractivity contribution is 0.0953. The van der Waals surface area contributed by atoms with E-state index >= 15 is 0 Å².